The lowest BCUT2D eigenvalue weighted by atomic mass is 10.2. The molecule has 0 spiro atoms. The van der Waals surface area contributed by atoms with E-state index in [1.807, 2.05) is 0 Å². The minimum Gasteiger partial charge on any atom is -0.302 e. The molecule has 0 fully saturated rings. The number of thioether (sulfide) groups is 1. The molecule has 4 nitrogen and oxygen atoms in total. The first-order valence-corrected chi connectivity index (χ1v) is 5.10. The molecule has 0 aliphatic heterocycles. The molecule has 0 unspecified atom stereocenters. The minimum atomic E-state index is -0.516. The van der Waals surface area contributed by atoms with Gasteiger partial charge < -0.3 is 5.41 Å². The van der Waals surface area contributed by atoms with Gasteiger partial charge in [0.15, 0.2) is 0 Å². The summed E-state index contributed by atoms with van der Waals surface area (Å²) in [6.45, 7) is 3.69. The van der Waals surface area contributed by atoms with Crippen LogP contribution in [0.1, 0.15) is 5.56 Å². The Balaban J connectivity index is 3.14. The number of non-ortho nitro benzene ring substituents is 1. The number of hydrogen-bond donors (Lipinski definition) is 1. The Morgan fingerprint density at radius 2 is 2.27 bits per heavy atom. The van der Waals surface area contributed by atoms with Gasteiger partial charge in [0, 0.05) is 22.1 Å². The van der Waals surface area contributed by atoms with Gasteiger partial charge in [-0.25, -0.2) is 0 Å². The van der Waals surface area contributed by atoms with E-state index in [4.69, 9.17) is 17.0 Å². The standard InChI is InChI=1S/C9H7ClN2O2S/c1-6(15-5-11)7-2-8(10)4-9(3-7)12(13)14/h2-5,11H,1H2. The van der Waals surface area contributed by atoms with E-state index < -0.39 is 4.92 Å². The summed E-state index contributed by atoms with van der Waals surface area (Å²) in [5.74, 6) is 0. The van der Waals surface area contributed by atoms with Crippen molar-refractivity contribution in [2.45, 2.75) is 0 Å². The predicted molar refractivity (Wildman–Crippen MR) is 63.5 cm³/mol. The van der Waals surface area contributed by atoms with Gasteiger partial charge in [-0.2, -0.15) is 0 Å². The van der Waals surface area contributed by atoms with Gasteiger partial charge >= 0.3 is 0 Å². The number of hydrogen-bond acceptors (Lipinski definition) is 4. The molecule has 1 rings (SSSR count). The Kier molecular flexibility index (Phi) is 3.88. The molecule has 0 aliphatic carbocycles. The molecule has 0 saturated heterocycles. The lowest BCUT2D eigenvalue weighted by Gasteiger charge is -2.02. The summed E-state index contributed by atoms with van der Waals surface area (Å²) in [6, 6.07) is 4.23. The average molecular weight is 243 g/mol. The van der Waals surface area contributed by atoms with Gasteiger partial charge in [0.05, 0.1) is 10.5 Å². The Morgan fingerprint density at radius 1 is 1.60 bits per heavy atom. The van der Waals surface area contributed by atoms with Crippen LogP contribution in [0.5, 0.6) is 0 Å². The van der Waals surface area contributed by atoms with Crippen LogP contribution >= 0.6 is 23.4 Å². The van der Waals surface area contributed by atoms with Crippen molar-refractivity contribution in [2.75, 3.05) is 0 Å². The second kappa shape index (κ2) is 4.95. The Hall–Kier alpha value is -1.33. The summed E-state index contributed by atoms with van der Waals surface area (Å²) in [5.41, 5.74) is 1.58. The highest BCUT2D eigenvalue weighted by molar-refractivity contribution is 8.19. The van der Waals surface area contributed by atoms with Gasteiger partial charge in [-0.05, 0) is 11.6 Å². The average Bonchev–Trinajstić information content (AvgIpc) is 2.17. The van der Waals surface area contributed by atoms with E-state index in [-0.39, 0.29) is 10.7 Å². The van der Waals surface area contributed by atoms with E-state index in [2.05, 4.69) is 6.58 Å². The summed E-state index contributed by atoms with van der Waals surface area (Å²) in [5, 5.41) is 17.7. The molecule has 0 atom stereocenters. The van der Waals surface area contributed by atoms with Crippen molar-refractivity contribution in [3.63, 3.8) is 0 Å². The highest BCUT2D eigenvalue weighted by atomic mass is 35.5. The molecule has 0 saturated carbocycles. The van der Waals surface area contributed by atoms with Gasteiger partial charge in [0.2, 0.25) is 0 Å². The maximum atomic E-state index is 10.6. The van der Waals surface area contributed by atoms with Crippen molar-refractivity contribution in [3.05, 3.63) is 45.5 Å². The molecule has 6 heteroatoms. The van der Waals surface area contributed by atoms with Crippen LogP contribution in [0.25, 0.3) is 4.91 Å². The summed E-state index contributed by atoms with van der Waals surface area (Å²) in [6.07, 6.45) is 0. The maximum absolute atomic E-state index is 10.6. The largest absolute Gasteiger partial charge is 0.302 e. The third-order valence-electron chi connectivity index (χ3n) is 1.62. The smallest absolute Gasteiger partial charge is 0.271 e. The summed E-state index contributed by atoms with van der Waals surface area (Å²) in [7, 11) is 0. The fourth-order valence-corrected chi connectivity index (χ4v) is 1.61. The van der Waals surface area contributed by atoms with E-state index in [1.165, 1.54) is 12.1 Å². The van der Waals surface area contributed by atoms with Crippen molar-refractivity contribution in [3.8, 4) is 0 Å². The highest BCUT2D eigenvalue weighted by Crippen LogP contribution is 2.29. The fraction of sp³-hybridized carbons (Fsp3) is 0. The fourth-order valence-electron chi connectivity index (χ4n) is 0.980. The molecule has 0 bridgehead atoms. The minimum absolute atomic E-state index is 0.0794. The molecule has 15 heavy (non-hydrogen) atoms. The van der Waals surface area contributed by atoms with Crippen molar-refractivity contribution >= 4 is 39.5 Å². The molecular formula is C9H7ClN2O2S. The van der Waals surface area contributed by atoms with Gasteiger partial charge in [-0.1, -0.05) is 29.9 Å². The van der Waals surface area contributed by atoms with E-state index in [0.717, 1.165) is 17.3 Å². The van der Waals surface area contributed by atoms with Crippen LogP contribution in [-0.4, -0.2) is 10.5 Å². The normalized spacial score (nSPS) is 9.67. The quantitative estimate of drug-likeness (QED) is 0.380. The zero-order chi connectivity index (χ0) is 11.4. The molecule has 0 radical (unpaired) electrons. The molecule has 1 aromatic rings. The van der Waals surface area contributed by atoms with Crippen LogP contribution in [0, 0.1) is 15.5 Å². The summed E-state index contributed by atoms with van der Waals surface area (Å²) in [4.78, 5) is 10.6. The molecule has 1 N–H and O–H groups in total. The maximum Gasteiger partial charge on any atom is 0.271 e. The molecule has 0 aromatic heterocycles. The summed E-state index contributed by atoms with van der Waals surface area (Å²) >= 11 is 6.81. The Bertz CT molecular complexity index is 434. The topological polar surface area (TPSA) is 67.0 Å². The third-order valence-corrected chi connectivity index (χ3v) is 2.47. The van der Waals surface area contributed by atoms with Crippen LogP contribution in [0.15, 0.2) is 24.8 Å². The predicted octanol–water partition coefficient (Wildman–Crippen LogP) is 3.56. The van der Waals surface area contributed by atoms with Gasteiger partial charge in [0.25, 0.3) is 5.69 Å². The first-order valence-electron chi connectivity index (χ1n) is 3.84. The number of nitro benzene ring substituents is 1. The zero-order valence-electron chi connectivity index (χ0n) is 7.57. The Labute approximate surface area is 95.6 Å². The molecule has 78 valence electrons. The lowest BCUT2D eigenvalue weighted by molar-refractivity contribution is -0.384. The third kappa shape index (κ3) is 3.07. The number of nitrogens with zero attached hydrogens (tertiary/aromatic N) is 1. The lowest BCUT2D eigenvalue weighted by Crippen LogP contribution is -1.89. The number of nitrogens with one attached hydrogen (secondary N) is 1. The van der Waals surface area contributed by atoms with Gasteiger partial charge in [-0.3, -0.25) is 10.1 Å². The highest BCUT2D eigenvalue weighted by Gasteiger charge is 2.10. The van der Waals surface area contributed by atoms with Crippen molar-refractivity contribution in [1.82, 2.24) is 0 Å². The van der Waals surface area contributed by atoms with Crippen molar-refractivity contribution < 1.29 is 4.92 Å². The van der Waals surface area contributed by atoms with Crippen LogP contribution in [0.2, 0.25) is 5.02 Å². The van der Waals surface area contributed by atoms with Crippen LogP contribution < -0.4 is 0 Å². The molecule has 0 heterocycles. The number of halogens is 1. The number of nitro groups is 1. The number of rotatable bonds is 4. The van der Waals surface area contributed by atoms with E-state index in [0.29, 0.717) is 10.5 Å². The van der Waals surface area contributed by atoms with Gasteiger partial charge in [-0.15, -0.1) is 0 Å². The van der Waals surface area contributed by atoms with Crippen molar-refractivity contribution in [2.24, 2.45) is 0 Å². The SMILES string of the molecule is C=C(SC=N)c1cc(Cl)cc([N+](=O)[O-])c1. The van der Waals surface area contributed by atoms with E-state index in [1.54, 1.807) is 6.07 Å². The Morgan fingerprint density at radius 3 is 2.80 bits per heavy atom. The molecule has 1 aromatic carbocycles. The number of benzene rings is 1. The zero-order valence-corrected chi connectivity index (χ0v) is 9.14. The van der Waals surface area contributed by atoms with Crippen LogP contribution in [0.3, 0.4) is 0 Å². The second-order valence-electron chi connectivity index (χ2n) is 2.61. The molecule has 0 aliphatic rings. The summed E-state index contributed by atoms with van der Waals surface area (Å²) < 4.78 is 0. The second-order valence-corrected chi connectivity index (χ2v) is 4.01. The van der Waals surface area contributed by atoms with Crippen LogP contribution in [-0.2, 0) is 0 Å². The first kappa shape index (κ1) is 11.7. The van der Waals surface area contributed by atoms with E-state index >= 15 is 0 Å². The monoisotopic (exact) mass is 242 g/mol. The van der Waals surface area contributed by atoms with Crippen LogP contribution in [0.4, 0.5) is 5.69 Å². The molecule has 0 amide bonds. The first-order chi connectivity index (χ1) is 7.04. The van der Waals surface area contributed by atoms with E-state index in [9.17, 15) is 10.1 Å². The van der Waals surface area contributed by atoms with Crippen molar-refractivity contribution in [1.29, 1.82) is 5.41 Å². The molecular weight excluding hydrogens is 236 g/mol. The van der Waals surface area contributed by atoms with Gasteiger partial charge in [0.1, 0.15) is 0 Å².